The van der Waals surface area contributed by atoms with Crippen molar-refractivity contribution >= 4 is 62.4 Å². The number of hydrogen-bond donors (Lipinski definition) is 0. The van der Waals surface area contributed by atoms with Gasteiger partial charge in [0.05, 0.1) is 10.0 Å². The lowest BCUT2D eigenvalue weighted by molar-refractivity contribution is -0.124. The molecule has 0 N–H and O–H groups in total. The van der Waals surface area contributed by atoms with E-state index in [1.165, 1.54) is 11.8 Å². The van der Waals surface area contributed by atoms with Gasteiger partial charge < -0.3 is 4.90 Å². The maximum absolute atomic E-state index is 12.7. The highest BCUT2D eigenvalue weighted by molar-refractivity contribution is 9.10. The molecule has 2 aromatic carbocycles. The molecule has 1 aliphatic heterocycles. The summed E-state index contributed by atoms with van der Waals surface area (Å²) in [5, 5.41) is 0.791. The number of halogens is 3. The first-order chi connectivity index (χ1) is 12.5. The largest absolute Gasteiger partial charge is 0.335 e. The van der Waals surface area contributed by atoms with Crippen LogP contribution >= 0.6 is 50.9 Å². The van der Waals surface area contributed by atoms with E-state index >= 15 is 0 Å². The van der Waals surface area contributed by atoms with Gasteiger partial charge in [0.2, 0.25) is 0 Å². The van der Waals surface area contributed by atoms with Crippen LogP contribution in [0, 0.1) is 0 Å². The number of carbonyl (C=O) groups excluding carboxylic acids is 1. The molecule has 0 spiro atoms. The summed E-state index contributed by atoms with van der Waals surface area (Å²) in [5.74, 6) is -0.111. The van der Waals surface area contributed by atoms with Crippen molar-refractivity contribution in [1.82, 2.24) is 4.90 Å². The van der Waals surface area contributed by atoms with E-state index in [1.807, 2.05) is 42.5 Å². The van der Waals surface area contributed by atoms with Gasteiger partial charge in [-0.25, -0.2) is 0 Å². The van der Waals surface area contributed by atoms with Gasteiger partial charge in [0.1, 0.15) is 0 Å². The minimum absolute atomic E-state index is 0.111. The Labute approximate surface area is 176 Å². The van der Waals surface area contributed by atoms with Crippen LogP contribution in [-0.4, -0.2) is 23.9 Å². The van der Waals surface area contributed by atoms with Gasteiger partial charge in [-0.1, -0.05) is 81.8 Å². The predicted octanol–water partition coefficient (Wildman–Crippen LogP) is 6.71. The van der Waals surface area contributed by atoms with E-state index in [0.29, 0.717) is 34.3 Å². The van der Waals surface area contributed by atoms with Crippen LogP contribution in [0.3, 0.4) is 0 Å². The first kappa shape index (κ1) is 19.6. The molecule has 0 aliphatic carbocycles. The van der Waals surface area contributed by atoms with Crippen LogP contribution in [0.15, 0.2) is 69.4 Å². The molecule has 0 atom stereocenters. The zero-order valence-corrected chi connectivity index (χ0v) is 17.8. The zero-order chi connectivity index (χ0) is 18.7. The third-order valence-electron chi connectivity index (χ3n) is 4.00. The highest BCUT2D eigenvalue weighted by Crippen LogP contribution is 2.41. The Bertz CT molecular complexity index is 897. The highest BCUT2D eigenvalue weighted by atomic mass is 79.9. The smallest absolute Gasteiger partial charge is 0.254 e. The molecule has 0 fully saturated rings. The Morgan fingerprint density at radius 3 is 2.65 bits per heavy atom. The third-order valence-corrected chi connectivity index (χ3v) is 6.54. The molecule has 1 aliphatic rings. The second kappa shape index (κ2) is 8.66. The molecule has 0 bridgehead atoms. The van der Waals surface area contributed by atoms with Crippen LogP contribution in [-0.2, 0) is 4.79 Å². The van der Waals surface area contributed by atoms with Gasteiger partial charge in [0.15, 0.2) is 0 Å². The molecule has 0 saturated heterocycles. The number of amides is 1. The topological polar surface area (TPSA) is 20.3 Å². The molecular weight excluding hydrogens is 453 g/mol. The van der Waals surface area contributed by atoms with Crippen LogP contribution in [0.1, 0.15) is 12.0 Å². The first-order valence-corrected chi connectivity index (χ1v) is 10.4. The quantitative estimate of drug-likeness (QED) is 0.367. The SMILES string of the molecule is C=C(C(=O)N1CC=CCC1)c1ccc(Sc2cccc(Br)c2)c(Cl)c1Cl. The summed E-state index contributed by atoms with van der Waals surface area (Å²) in [6, 6.07) is 11.6. The van der Waals surface area contributed by atoms with E-state index < -0.39 is 0 Å². The average Bonchev–Trinajstić information content (AvgIpc) is 2.65. The number of rotatable bonds is 4. The maximum atomic E-state index is 12.7. The Morgan fingerprint density at radius 1 is 1.15 bits per heavy atom. The summed E-state index contributed by atoms with van der Waals surface area (Å²) in [7, 11) is 0. The minimum atomic E-state index is -0.111. The van der Waals surface area contributed by atoms with Gasteiger partial charge in [-0.2, -0.15) is 0 Å². The van der Waals surface area contributed by atoms with Crippen molar-refractivity contribution in [2.75, 3.05) is 13.1 Å². The van der Waals surface area contributed by atoms with Crippen molar-refractivity contribution < 1.29 is 4.79 Å². The van der Waals surface area contributed by atoms with Crippen molar-refractivity contribution in [3.8, 4) is 0 Å². The molecule has 0 saturated carbocycles. The molecular formula is C20H16BrCl2NOS. The number of hydrogen-bond acceptors (Lipinski definition) is 2. The van der Waals surface area contributed by atoms with Crippen LogP contribution in [0.2, 0.25) is 10.0 Å². The lowest BCUT2D eigenvalue weighted by Gasteiger charge is -2.24. The summed E-state index contributed by atoms with van der Waals surface area (Å²) in [6.45, 7) is 5.24. The molecule has 2 aromatic rings. The monoisotopic (exact) mass is 467 g/mol. The zero-order valence-electron chi connectivity index (χ0n) is 13.8. The number of benzene rings is 2. The normalized spacial score (nSPS) is 13.7. The summed E-state index contributed by atoms with van der Waals surface area (Å²) in [4.78, 5) is 16.3. The van der Waals surface area contributed by atoms with Crippen LogP contribution in [0.25, 0.3) is 5.57 Å². The molecule has 0 unspecified atom stereocenters. The van der Waals surface area contributed by atoms with E-state index in [9.17, 15) is 4.79 Å². The molecule has 1 heterocycles. The molecule has 6 heteroatoms. The van der Waals surface area contributed by atoms with Crippen LogP contribution in [0.5, 0.6) is 0 Å². The molecule has 2 nitrogen and oxygen atoms in total. The van der Waals surface area contributed by atoms with Crippen molar-refractivity contribution in [3.05, 3.63) is 75.2 Å². The second-order valence-corrected chi connectivity index (χ2v) is 8.58. The van der Waals surface area contributed by atoms with Gasteiger partial charge in [-0.15, -0.1) is 0 Å². The lowest BCUT2D eigenvalue weighted by Crippen LogP contribution is -2.34. The van der Waals surface area contributed by atoms with Crippen LogP contribution in [0.4, 0.5) is 0 Å². The Morgan fingerprint density at radius 2 is 1.96 bits per heavy atom. The predicted molar refractivity (Wildman–Crippen MR) is 114 cm³/mol. The number of carbonyl (C=O) groups is 1. The maximum Gasteiger partial charge on any atom is 0.254 e. The average molecular weight is 469 g/mol. The van der Waals surface area contributed by atoms with Crippen molar-refractivity contribution in [2.24, 2.45) is 0 Å². The molecule has 0 radical (unpaired) electrons. The van der Waals surface area contributed by atoms with Gasteiger partial charge in [0.25, 0.3) is 5.91 Å². The summed E-state index contributed by atoms with van der Waals surface area (Å²) in [6.07, 6.45) is 4.92. The van der Waals surface area contributed by atoms with Crippen molar-refractivity contribution in [3.63, 3.8) is 0 Å². The standard InChI is InChI=1S/C20H16BrCl2NOS/c1-13(20(25)24-10-3-2-4-11-24)16-8-9-17(19(23)18(16)22)26-15-7-5-6-14(21)12-15/h2-3,5-9,12H,1,4,10-11H2. The number of nitrogens with zero attached hydrogens (tertiary/aromatic N) is 1. The second-order valence-electron chi connectivity index (χ2n) is 5.79. The fourth-order valence-corrected chi connectivity index (χ4v) is 4.71. The third kappa shape index (κ3) is 4.37. The Balaban J connectivity index is 1.83. The highest BCUT2D eigenvalue weighted by Gasteiger charge is 2.22. The van der Waals surface area contributed by atoms with E-state index in [0.717, 1.165) is 20.7 Å². The molecule has 1 amide bonds. The van der Waals surface area contributed by atoms with Gasteiger partial charge in [-0.3, -0.25) is 4.79 Å². The van der Waals surface area contributed by atoms with Gasteiger partial charge in [0, 0.05) is 38.5 Å². The summed E-state index contributed by atoms with van der Waals surface area (Å²) >= 11 is 17.9. The van der Waals surface area contributed by atoms with E-state index in [-0.39, 0.29) is 5.91 Å². The summed E-state index contributed by atoms with van der Waals surface area (Å²) < 4.78 is 0.996. The molecule has 26 heavy (non-hydrogen) atoms. The molecule has 3 rings (SSSR count). The molecule has 0 aromatic heterocycles. The van der Waals surface area contributed by atoms with E-state index in [1.54, 1.807) is 4.90 Å². The van der Waals surface area contributed by atoms with Gasteiger partial charge in [-0.05, 0) is 30.7 Å². The fourth-order valence-electron chi connectivity index (χ4n) is 2.63. The fraction of sp³-hybridized carbons (Fsp3) is 0.150. The minimum Gasteiger partial charge on any atom is -0.335 e. The van der Waals surface area contributed by atoms with E-state index in [4.69, 9.17) is 23.2 Å². The Hall–Kier alpha value is -1.20. The van der Waals surface area contributed by atoms with Crippen molar-refractivity contribution in [2.45, 2.75) is 16.2 Å². The van der Waals surface area contributed by atoms with Crippen molar-refractivity contribution in [1.29, 1.82) is 0 Å². The Kier molecular flexibility index (Phi) is 6.51. The summed E-state index contributed by atoms with van der Waals surface area (Å²) in [5.41, 5.74) is 0.945. The molecule has 134 valence electrons. The first-order valence-electron chi connectivity index (χ1n) is 8.02. The van der Waals surface area contributed by atoms with Crippen LogP contribution < -0.4 is 0 Å². The van der Waals surface area contributed by atoms with Gasteiger partial charge >= 0.3 is 0 Å². The lowest BCUT2D eigenvalue weighted by atomic mass is 10.1. The van der Waals surface area contributed by atoms with E-state index in [2.05, 4.69) is 28.6 Å².